The van der Waals surface area contributed by atoms with Gasteiger partial charge in [-0.3, -0.25) is 4.90 Å². The molecular weight excluding hydrogens is 281 g/mol. The summed E-state index contributed by atoms with van der Waals surface area (Å²) in [5.41, 5.74) is -0.830. The molecule has 1 aliphatic heterocycles. The van der Waals surface area contributed by atoms with Crippen LogP contribution in [-0.2, 0) is 0 Å². The van der Waals surface area contributed by atoms with Crippen LogP contribution >= 0.6 is 12.6 Å². The number of aliphatic hydroxyl groups is 2. The summed E-state index contributed by atoms with van der Waals surface area (Å²) >= 11 is 4.09. The van der Waals surface area contributed by atoms with E-state index in [1.807, 2.05) is 5.32 Å². The second kappa shape index (κ2) is 4.95. The standard InChI is InChI=1S/C11H11F3N2O2S/c12-11(13,14)8-5-9(17)16(10(18)15-8)6-2-1-3-7(19)4-6/h1-5,9-10,15,17-19H. The molecule has 0 spiro atoms. The van der Waals surface area contributed by atoms with Crippen molar-refractivity contribution in [2.24, 2.45) is 0 Å². The van der Waals surface area contributed by atoms with Crippen LogP contribution in [0.1, 0.15) is 0 Å². The van der Waals surface area contributed by atoms with Crippen LogP contribution < -0.4 is 10.2 Å². The molecule has 1 aliphatic rings. The Morgan fingerprint density at radius 2 is 1.95 bits per heavy atom. The fourth-order valence-electron chi connectivity index (χ4n) is 1.75. The topological polar surface area (TPSA) is 55.7 Å². The minimum Gasteiger partial charge on any atom is -0.370 e. The molecule has 2 unspecified atom stereocenters. The molecule has 0 fully saturated rings. The summed E-state index contributed by atoms with van der Waals surface area (Å²) in [6.07, 6.45) is -7.34. The highest BCUT2D eigenvalue weighted by Gasteiger charge is 2.40. The molecule has 0 aliphatic carbocycles. The third kappa shape index (κ3) is 2.96. The smallest absolute Gasteiger partial charge is 0.370 e. The molecule has 104 valence electrons. The number of alkyl halides is 3. The molecule has 0 saturated carbocycles. The first kappa shape index (κ1) is 14.0. The molecule has 0 saturated heterocycles. The molecule has 4 nitrogen and oxygen atoms in total. The van der Waals surface area contributed by atoms with Gasteiger partial charge in [0.05, 0.1) is 0 Å². The van der Waals surface area contributed by atoms with Gasteiger partial charge in [0.25, 0.3) is 0 Å². The molecule has 2 rings (SSSR count). The van der Waals surface area contributed by atoms with Gasteiger partial charge in [-0.2, -0.15) is 13.2 Å². The second-order valence-electron chi connectivity index (χ2n) is 3.94. The number of anilines is 1. The highest BCUT2D eigenvalue weighted by atomic mass is 32.1. The average Bonchev–Trinajstić information content (AvgIpc) is 2.26. The lowest BCUT2D eigenvalue weighted by Crippen LogP contribution is -2.55. The van der Waals surface area contributed by atoms with Gasteiger partial charge in [-0.05, 0) is 24.3 Å². The Labute approximate surface area is 112 Å². The largest absolute Gasteiger partial charge is 0.430 e. The van der Waals surface area contributed by atoms with Gasteiger partial charge >= 0.3 is 6.18 Å². The summed E-state index contributed by atoms with van der Waals surface area (Å²) in [7, 11) is 0. The lowest BCUT2D eigenvalue weighted by atomic mass is 10.2. The molecule has 8 heteroatoms. The van der Waals surface area contributed by atoms with Gasteiger partial charge in [-0.15, -0.1) is 12.6 Å². The number of nitrogens with zero attached hydrogens (tertiary/aromatic N) is 1. The summed E-state index contributed by atoms with van der Waals surface area (Å²) in [6.45, 7) is 0. The summed E-state index contributed by atoms with van der Waals surface area (Å²) in [5, 5.41) is 21.3. The van der Waals surface area contributed by atoms with Gasteiger partial charge in [0.2, 0.25) is 6.35 Å². The van der Waals surface area contributed by atoms with Crippen LogP contribution in [0.15, 0.2) is 40.9 Å². The number of hydrogen-bond acceptors (Lipinski definition) is 5. The molecule has 1 aromatic carbocycles. The Balaban J connectivity index is 2.32. The second-order valence-corrected chi connectivity index (χ2v) is 4.45. The van der Waals surface area contributed by atoms with Crippen molar-refractivity contribution >= 4 is 18.3 Å². The van der Waals surface area contributed by atoms with Gasteiger partial charge in [-0.25, -0.2) is 0 Å². The van der Waals surface area contributed by atoms with E-state index in [0.717, 1.165) is 4.90 Å². The van der Waals surface area contributed by atoms with E-state index in [9.17, 15) is 23.4 Å². The van der Waals surface area contributed by atoms with E-state index in [1.165, 1.54) is 6.07 Å². The van der Waals surface area contributed by atoms with Gasteiger partial charge in [0.15, 0.2) is 6.23 Å². The van der Waals surface area contributed by atoms with Crippen molar-refractivity contribution in [1.29, 1.82) is 0 Å². The first-order chi connectivity index (χ1) is 8.79. The number of halogens is 3. The number of hydrogen-bond donors (Lipinski definition) is 4. The van der Waals surface area contributed by atoms with E-state index in [4.69, 9.17) is 0 Å². The summed E-state index contributed by atoms with van der Waals surface area (Å²) in [5.74, 6) is 0. The normalized spacial score (nSPS) is 23.9. The Kier molecular flexibility index (Phi) is 3.66. The van der Waals surface area contributed by atoms with Crippen molar-refractivity contribution in [1.82, 2.24) is 5.32 Å². The fourth-order valence-corrected chi connectivity index (χ4v) is 1.97. The zero-order chi connectivity index (χ0) is 14.2. The van der Waals surface area contributed by atoms with E-state index in [0.29, 0.717) is 16.7 Å². The van der Waals surface area contributed by atoms with Crippen LogP contribution in [0.3, 0.4) is 0 Å². The molecular formula is C11H11F3N2O2S. The van der Waals surface area contributed by atoms with Gasteiger partial charge in [0.1, 0.15) is 5.70 Å². The van der Waals surface area contributed by atoms with Gasteiger partial charge in [-0.1, -0.05) is 6.07 Å². The molecule has 1 heterocycles. The summed E-state index contributed by atoms with van der Waals surface area (Å²) < 4.78 is 37.5. The quantitative estimate of drug-likeness (QED) is 0.592. The zero-order valence-corrected chi connectivity index (χ0v) is 10.4. The average molecular weight is 292 g/mol. The maximum atomic E-state index is 12.5. The number of nitrogens with one attached hydrogen (secondary N) is 1. The Morgan fingerprint density at radius 3 is 2.47 bits per heavy atom. The van der Waals surface area contributed by atoms with Crippen LogP contribution in [0.4, 0.5) is 18.9 Å². The molecule has 2 atom stereocenters. The Morgan fingerprint density at radius 1 is 1.26 bits per heavy atom. The molecule has 0 aromatic heterocycles. The molecule has 0 amide bonds. The first-order valence-electron chi connectivity index (χ1n) is 5.28. The van der Waals surface area contributed by atoms with Crippen LogP contribution in [-0.4, -0.2) is 29.0 Å². The first-order valence-corrected chi connectivity index (χ1v) is 5.73. The summed E-state index contributed by atoms with van der Waals surface area (Å²) in [6, 6.07) is 6.34. The number of benzene rings is 1. The van der Waals surface area contributed by atoms with Crippen LogP contribution in [0.25, 0.3) is 0 Å². The minimum atomic E-state index is -4.65. The maximum absolute atomic E-state index is 12.5. The molecule has 19 heavy (non-hydrogen) atoms. The molecule has 1 aromatic rings. The Bertz CT molecular complexity index is 507. The predicted octanol–water partition coefficient (Wildman–Crippen LogP) is 1.43. The highest BCUT2D eigenvalue weighted by Crippen LogP contribution is 2.30. The van der Waals surface area contributed by atoms with Gasteiger partial charge in [0, 0.05) is 10.6 Å². The molecule has 0 bridgehead atoms. The number of rotatable bonds is 1. The molecule has 3 N–H and O–H groups in total. The highest BCUT2D eigenvalue weighted by molar-refractivity contribution is 7.80. The van der Waals surface area contributed by atoms with Crippen molar-refractivity contribution in [3.05, 3.63) is 36.0 Å². The lowest BCUT2D eigenvalue weighted by molar-refractivity contribution is -0.106. The van der Waals surface area contributed by atoms with Crippen LogP contribution in [0.5, 0.6) is 0 Å². The minimum absolute atomic E-state index is 0.345. The predicted molar refractivity (Wildman–Crippen MR) is 65.5 cm³/mol. The van der Waals surface area contributed by atoms with E-state index in [1.54, 1.807) is 18.2 Å². The third-order valence-electron chi connectivity index (χ3n) is 2.58. The maximum Gasteiger partial charge on any atom is 0.430 e. The van der Waals surface area contributed by atoms with E-state index >= 15 is 0 Å². The van der Waals surface area contributed by atoms with Gasteiger partial charge < -0.3 is 15.5 Å². The SMILES string of the molecule is OC1C=C(C(F)(F)F)NC(O)N1c1cccc(S)c1. The van der Waals surface area contributed by atoms with Crippen molar-refractivity contribution in [3.8, 4) is 0 Å². The van der Waals surface area contributed by atoms with Crippen LogP contribution in [0.2, 0.25) is 0 Å². The summed E-state index contributed by atoms with van der Waals surface area (Å²) in [4.78, 5) is 1.55. The van der Waals surface area contributed by atoms with Crippen LogP contribution in [0, 0.1) is 0 Å². The fraction of sp³-hybridized carbons (Fsp3) is 0.273. The molecule has 0 radical (unpaired) electrons. The third-order valence-corrected chi connectivity index (χ3v) is 2.86. The van der Waals surface area contributed by atoms with E-state index in [-0.39, 0.29) is 0 Å². The lowest BCUT2D eigenvalue weighted by Gasteiger charge is -2.38. The van der Waals surface area contributed by atoms with E-state index < -0.39 is 24.5 Å². The number of thiol groups is 1. The number of aliphatic hydroxyl groups excluding tert-OH is 2. The number of allylic oxidation sites excluding steroid dienone is 1. The monoisotopic (exact) mass is 292 g/mol. The van der Waals surface area contributed by atoms with E-state index in [2.05, 4.69) is 12.6 Å². The van der Waals surface area contributed by atoms with Crippen molar-refractivity contribution in [2.75, 3.05) is 4.90 Å². The Hall–Kier alpha value is -1.38. The zero-order valence-electron chi connectivity index (χ0n) is 9.46. The van der Waals surface area contributed by atoms with Crippen molar-refractivity contribution < 1.29 is 23.4 Å². The van der Waals surface area contributed by atoms with Crippen molar-refractivity contribution in [3.63, 3.8) is 0 Å². The van der Waals surface area contributed by atoms with Crippen molar-refractivity contribution in [2.45, 2.75) is 23.7 Å².